The summed E-state index contributed by atoms with van der Waals surface area (Å²) in [6, 6.07) is 8.41. The van der Waals surface area contributed by atoms with Gasteiger partial charge in [0.15, 0.2) is 0 Å². The van der Waals surface area contributed by atoms with Crippen LogP contribution in [0.15, 0.2) is 30.8 Å². The maximum atomic E-state index is 12.2. The van der Waals surface area contributed by atoms with Crippen molar-refractivity contribution in [2.75, 3.05) is 7.11 Å². The van der Waals surface area contributed by atoms with Gasteiger partial charge in [0.1, 0.15) is 0 Å². The molecular weight excluding hydrogens is 264 g/mol. The molecule has 1 unspecified atom stereocenters. The molecule has 3 rings (SSSR count). The van der Waals surface area contributed by atoms with Gasteiger partial charge in [0.2, 0.25) is 0 Å². The molecule has 2 heterocycles. The number of ether oxygens (including phenoxy) is 2. The van der Waals surface area contributed by atoms with Crippen LogP contribution in [0.4, 0.5) is 0 Å². The van der Waals surface area contributed by atoms with Crippen LogP contribution in [0.2, 0.25) is 0 Å². The molecule has 0 N–H and O–H groups in total. The van der Waals surface area contributed by atoms with Crippen LogP contribution < -0.4 is 0 Å². The van der Waals surface area contributed by atoms with Gasteiger partial charge in [-0.1, -0.05) is 36.4 Å². The summed E-state index contributed by atoms with van der Waals surface area (Å²) in [6.45, 7) is 5.96. The predicted octanol–water partition coefficient (Wildman–Crippen LogP) is 3.54. The molecule has 0 amide bonds. The molecule has 112 valence electrons. The second-order valence-electron chi connectivity index (χ2n) is 6.17. The average Bonchev–Trinajstić information content (AvgIpc) is 2.88. The molecule has 4 atom stereocenters. The third kappa shape index (κ3) is 2.62. The molecule has 1 aromatic carbocycles. The smallest absolute Gasteiger partial charge is 0.311 e. The highest BCUT2D eigenvalue weighted by Gasteiger charge is 2.47. The zero-order chi connectivity index (χ0) is 15.0. The van der Waals surface area contributed by atoms with Crippen LogP contribution in [-0.4, -0.2) is 25.3 Å². The number of carbonyl (C=O) groups excluding carboxylic acids is 1. The van der Waals surface area contributed by atoms with Crippen molar-refractivity contribution in [3.63, 3.8) is 0 Å². The maximum Gasteiger partial charge on any atom is 0.311 e. The Balaban J connectivity index is 1.90. The van der Waals surface area contributed by atoms with Crippen molar-refractivity contribution in [2.45, 2.75) is 44.3 Å². The van der Waals surface area contributed by atoms with E-state index in [4.69, 9.17) is 9.47 Å². The largest absolute Gasteiger partial charge is 0.469 e. The Morgan fingerprint density at radius 3 is 2.62 bits per heavy atom. The third-order valence-corrected chi connectivity index (χ3v) is 4.80. The number of carbonyl (C=O) groups is 1. The standard InChI is InChI=1S/C18H22O3/c1-11(2)12-4-6-13(7-5-12)15-10-14-8-9-16(21-14)17(15)18(19)20-3/h4-7,14-17H,1,8-10H2,2-3H3/t14?,15-,16+,17+/m1/s1. The lowest BCUT2D eigenvalue weighted by Gasteiger charge is -2.35. The number of rotatable bonds is 3. The summed E-state index contributed by atoms with van der Waals surface area (Å²) in [7, 11) is 1.46. The molecule has 2 aliphatic heterocycles. The molecule has 2 fully saturated rings. The molecule has 0 radical (unpaired) electrons. The van der Waals surface area contributed by atoms with Crippen molar-refractivity contribution in [1.29, 1.82) is 0 Å². The number of hydrogen-bond donors (Lipinski definition) is 0. The van der Waals surface area contributed by atoms with Crippen LogP contribution in [0.25, 0.3) is 5.57 Å². The third-order valence-electron chi connectivity index (χ3n) is 4.80. The number of fused-ring (bicyclic) bond motifs is 2. The van der Waals surface area contributed by atoms with Gasteiger partial charge < -0.3 is 9.47 Å². The Morgan fingerprint density at radius 1 is 1.29 bits per heavy atom. The van der Waals surface area contributed by atoms with E-state index in [1.165, 1.54) is 12.7 Å². The first-order valence-corrected chi connectivity index (χ1v) is 7.59. The number of methoxy groups -OCH3 is 1. The molecule has 1 aromatic rings. The zero-order valence-electron chi connectivity index (χ0n) is 12.7. The van der Waals surface area contributed by atoms with Crippen molar-refractivity contribution < 1.29 is 14.3 Å². The minimum Gasteiger partial charge on any atom is -0.469 e. The van der Waals surface area contributed by atoms with Crippen LogP contribution in [-0.2, 0) is 14.3 Å². The number of esters is 1. The summed E-state index contributed by atoms with van der Waals surface area (Å²) in [5.41, 5.74) is 3.40. The Hall–Kier alpha value is -1.61. The fourth-order valence-corrected chi connectivity index (χ4v) is 3.67. The van der Waals surface area contributed by atoms with Gasteiger partial charge in [0.25, 0.3) is 0 Å². The fourth-order valence-electron chi connectivity index (χ4n) is 3.67. The molecule has 3 heteroatoms. The van der Waals surface area contributed by atoms with Crippen molar-refractivity contribution in [3.8, 4) is 0 Å². The summed E-state index contributed by atoms with van der Waals surface area (Å²) in [5.74, 6) is -0.123. The Kier molecular flexibility index (Phi) is 3.85. The molecule has 2 saturated heterocycles. The second kappa shape index (κ2) is 5.64. The van der Waals surface area contributed by atoms with Crippen molar-refractivity contribution in [2.24, 2.45) is 5.92 Å². The Morgan fingerprint density at radius 2 is 2.00 bits per heavy atom. The molecule has 21 heavy (non-hydrogen) atoms. The van der Waals surface area contributed by atoms with Crippen LogP contribution >= 0.6 is 0 Å². The topological polar surface area (TPSA) is 35.5 Å². The van der Waals surface area contributed by atoms with E-state index in [1.807, 2.05) is 6.92 Å². The van der Waals surface area contributed by atoms with Crippen molar-refractivity contribution in [3.05, 3.63) is 42.0 Å². The van der Waals surface area contributed by atoms with Crippen molar-refractivity contribution >= 4 is 11.5 Å². The van der Waals surface area contributed by atoms with Crippen LogP contribution in [0.3, 0.4) is 0 Å². The van der Waals surface area contributed by atoms with Crippen LogP contribution in [0, 0.1) is 5.92 Å². The monoisotopic (exact) mass is 286 g/mol. The van der Waals surface area contributed by atoms with E-state index in [2.05, 4.69) is 30.8 Å². The maximum absolute atomic E-state index is 12.2. The molecular formula is C18H22O3. The zero-order valence-corrected chi connectivity index (χ0v) is 12.7. The Labute approximate surface area is 125 Å². The Bertz CT molecular complexity index is 546. The summed E-state index contributed by atoms with van der Waals surface area (Å²) in [4.78, 5) is 12.2. The molecule has 0 aromatic heterocycles. The first kappa shape index (κ1) is 14.3. The highest BCUT2D eigenvalue weighted by atomic mass is 16.5. The fraction of sp³-hybridized carbons (Fsp3) is 0.500. The minimum atomic E-state index is -0.176. The van der Waals surface area contributed by atoms with E-state index in [-0.39, 0.29) is 23.9 Å². The summed E-state index contributed by atoms with van der Waals surface area (Å²) < 4.78 is 11.0. The molecule has 0 aliphatic carbocycles. The quantitative estimate of drug-likeness (QED) is 0.797. The van der Waals surface area contributed by atoms with Gasteiger partial charge in [0.05, 0.1) is 25.2 Å². The van der Waals surface area contributed by atoms with Gasteiger partial charge in [-0.3, -0.25) is 4.79 Å². The molecule has 2 aliphatic rings. The van der Waals surface area contributed by atoms with Gasteiger partial charge in [0, 0.05) is 5.92 Å². The lowest BCUT2D eigenvalue weighted by atomic mass is 9.79. The summed E-state index contributed by atoms with van der Waals surface area (Å²) >= 11 is 0. The van der Waals surface area contributed by atoms with Gasteiger partial charge in [-0.15, -0.1) is 0 Å². The minimum absolute atomic E-state index is 0.0158. The first-order valence-electron chi connectivity index (χ1n) is 7.59. The number of benzene rings is 1. The van der Waals surface area contributed by atoms with Crippen LogP contribution in [0.1, 0.15) is 43.2 Å². The van der Waals surface area contributed by atoms with E-state index in [0.717, 1.165) is 30.4 Å². The van der Waals surface area contributed by atoms with Gasteiger partial charge in [-0.2, -0.15) is 0 Å². The molecule has 3 nitrogen and oxygen atoms in total. The van der Waals surface area contributed by atoms with Gasteiger partial charge >= 0.3 is 5.97 Å². The molecule has 2 bridgehead atoms. The number of allylic oxidation sites excluding steroid dienone is 1. The molecule has 0 saturated carbocycles. The second-order valence-corrected chi connectivity index (χ2v) is 6.17. The lowest BCUT2D eigenvalue weighted by molar-refractivity contribution is -0.156. The average molecular weight is 286 g/mol. The number of hydrogen-bond acceptors (Lipinski definition) is 3. The van der Waals surface area contributed by atoms with Gasteiger partial charge in [-0.05, 0) is 37.3 Å². The lowest BCUT2D eigenvalue weighted by Crippen LogP contribution is -2.39. The van der Waals surface area contributed by atoms with E-state index in [9.17, 15) is 4.79 Å². The van der Waals surface area contributed by atoms with E-state index in [1.54, 1.807) is 0 Å². The predicted molar refractivity (Wildman–Crippen MR) is 81.9 cm³/mol. The van der Waals surface area contributed by atoms with Crippen molar-refractivity contribution in [1.82, 2.24) is 0 Å². The first-order chi connectivity index (χ1) is 10.1. The van der Waals surface area contributed by atoms with E-state index >= 15 is 0 Å². The van der Waals surface area contributed by atoms with Crippen LogP contribution in [0.5, 0.6) is 0 Å². The van der Waals surface area contributed by atoms with E-state index < -0.39 is 0 Å². The summed E-state index contributed by atoms with van der Waals surface area (Å²) in [5, 5.41) is 0. The normalized spacial score (nSPS) is 31.0. The highest BCUT2D eigenvalue weighted by molar-refractivity contribution is 5.75. The van der Waals surface area contributed by atoms with Gasteiger partial charge in [-0.25, -0.2) is 0 Å². The van der Waals surface area contributed by atoms with E-state index in [0.29, 0.717) is 6.10 Å². The summed E-state index contributed by atoms with van der Waals surface area (Å²) in [6.07, 6.45) is 3.23. The molecule has 0 spiro atoms. The highest BCUT2D eigenvalue weighted by Crippen LogP contribution is 2.45. The SMILES string of the molecule is C=C(C)c1ccc([C@H]2CC3CC[C@H](O3)[C@H]2C(=O)OC)cc1.